The van der Waals surface area contributed by atoms with Crippen LogP contribution in [0.2, 0.25) is 0 Å². The summed E-state index contributed by atoms with van der Waals surface area (Å²) in [6, 6.07) is 10.0. The van der Waals surface area contributed by atoms with Crippen LogP contribution >= 0.6 is 12.4 Å². The third-order valence-electron chi connectivity index (χ3n) is 4.14. The van der Waals surface area contributed by atoms with Crippen LogP contribution in [0.1, 0.15) is 29.1 Å². The predicted octanol–water partition coefficient (Wildman–Crippen LogP) is 2.90. The van der Waals surface area contributed by atoms with Gasteiger partial charge in [-0.25, -0.2) is 4.98 Å². The third-order valence-corrected chi connectivity index (χ3v) is 4.14. The van der Waals surface area contributed by atoms with Crippen molar-refractivity contribution < 1.29 is 9.21 Å². The van der Waals surface area contributed by atoms with Crippen molar-refractivity contribution in [3.8, 4) is 11.5 Å². The SMILES string of the molecule is CNC1CCCN(C(=O)c2nc(-c3ccccc3)oc2C)C1.Cl. The lowest BCUT2D eigenvalue weighted by atomic mass is 10.1. The molecule has 0 saturated carbocycles. The summed E-state index contributed by atoms with van der Waals surface area (Å²) in [7, 11) is 1.94. The second-order valence-corrected chi connectivity index (χ2v) is 5.67. The Labute approximate surface area is 142 Å². The Morgan fingerprint density at radius 2 is 2.09 bits per heavy atom. The number of nitrogens with zero attached hydrogens (tertiary/aromatic N) is 2. The van der Waals surface area contributed by atoms with Gasteiger partial charge in [0.25, 0.3) is 5.91 Å². The minimum atomic E-state index is -0.0385. The molecule has 0 spiro atoms. The summed E-state index contributed by atoms with van der Waals surface area (Å²) in [5.41, 5.74) is 1.31. The maximum atomic E-state index is 12.7. The van der Waals surface area contributed by atoms with Crippen molar-refractivity contribution in [1.29, 1.82) is 0 Å². The number of aryl methyl sites for hydroxylation is 1. The smallest absolute Gasteiger partial charge is 0.276 e. The Morgan fingerprint density at radius 3 is 2.78 bits per heavy atom. The summed E-state index contributed by atoms with van der Waals surface area (Å²) in [5.74, 6) is 1.04. The number of rotatable bonds is 3. The summed E-state index contributed by atoms with van der Waals surface area (Å²) in [4.78, 5) is 19.0. The van der Waals surface area contributed by atoms with Crippen molar-refractivity contribution in [3.63, 3.8) is 0 Å². The molecule has 6 heteroatoms. The fourth-order valence-electron chi connectivity index (χ4n) is 2.85. The Balaban J connectivity index is 0.00000192. The van der Waals surface area contributed by atoms with E-state index in [1.54, 1.807) is 6.92 Å². The van der Waals surface area contributed by atoms with E-state index in [9.17, 15) is 4.79 Å². The third kappa shape index (κ3) is 3.74. The fourth-order valence-corrected chi connectivity index (χ4v) is 2.85. The number of benzene rings is 1. The summed E-state index contributed by atoms with van der Waals surface area (Å²) in [6.45, 7) is 3.30. The standard InChI is InChI=1S/C17H21N3O2.ClH/c1-12-15(17(21)20-10-6-9-14(11-20)18-2)19-16(22-12)13-7-4-3-5-8-13;/h3-5,7-8,14,18H,6,9-11H2,1-2H3;1H. The first-order chi connectivity index (χ1) is 10.7. The molecule has 0 radical (unpaired) electrons. The number of likely N-dealkylation sites (tertiary alicyclic amines) is 1. The zero-order valence-electron chi connectivity index (χ0n) is 13.4. The van der Waals surface area contributed by atoms with Crippen LogP contribution in [0.3, 0.4) is 0 Å². The first-order valence-corrected chi connectivity index (χ1v) is 7.68. The molecule has 1 aromatic heterocycles. The fraction of sp³-hybridized carbons (Fsp3) is 0.412. The molecule has 1 fully saturated rings. The molecule has 3 rings (SSSR count). The van der Waals surface area contributed by atoms with E-state index in [-0.39, 0.29) is 18.3 Å². The van der Waals surface area contributed by atoms with E-state index in [0.29, 0.717) is 23.4 Å². The monoisotopic (exact) mass is 335 g/mol. The van der Waals surface area contributed by atoms with Gasteiger partial charge in [-0.2, -0.15) is 0 Å². The highest BCUT2D eigenvalue weighted by molar-refractivity contribution is 5.93. The zero-order chi connectivity index (χ0) is 15.5. The summed E-state index contributed by atoms with van der Waals surface area (Å²) in [6.07, 6.45) is 2.12. The molecule has 124 valence electrons. The van der Waals surface area contributed by atoms with E-state index in [1.807, 2.05) is 42.3 Å². The van der Waals surface area contributed by atoms with Gasteiger partial charge in [0.2, 0.25) is 5.89 Å². The van der Waals surface area contributed by atoms with Crippen LogP contribution in [-0.2, 0) is 0 Å². The van der Waals surface area contributed by atoms with Crippen LogP contribution in [0.5, 0.6) is 0 Å². The minimum Gasteiger partial charge on any atom is -0.441 e. The molecule has 1 saturated heterocycles. The number of halogens is 1. The van der Waals surface area contributed by atoms with Crippen molar-refractivity contribution in [2.75, 3.05) is 20.1 Å². The van der Waals surface area contributed by atoms with Gasteiger partial charge >= 0.3 is 0 Å². The van der Waals surface area contributed by atoms with Crippen molar-refractivity contribution in [3.05, 3.63) is 41.8 Å². The summed E-state index contributed by atoms with van der Waals surface area (Å²) < 4.78 is 5.69. The lowest BCUT2D eigenvalue weighted by Gasteiger charge is -2.32. The first kappa shape index (κ1) is 17.5. The Bertz CT molecular complexity index is 657. The van der Waals surface area contributed by atoms with Gasteiger partial charge < -0.3 is 14.6 Å². The average molecular weight is 336 g/mol. The molecule has 0 bridgehead atoms. The van der Waals surface area contributed by atoms with E-state index < -0.39 is 0 Å². The van der Waals surface area contributed by atoms with Crippen molar-refractivity contribution in [1.82, 2.24) is 15.2 Å². The normalized spacial score (nSPS) is 17.7. The van der Waals surface area contributed by atoms with E-state index in [0.717, 1.165) is 31.5 Å². The van der Waals surface area contributed by atoms with Crippen molar-refractivity contribution in [2.24, 2.45) is 0 Å². The summed E-state index contributed by atoms with van der Waals surface area (Å²) in [5, 5.41) is 3.25. The number of carbonyl (C=O) groups is 1. The van der Waals surface area contributed by atoms with E-state index >= 15 is 0 Å². The molecule has 1 atom stereocenters. The van der Waals surface area contributed by atoms with Crippen LogP contribution in [0.4, 0.5) is 0 Å². The minimum absolute atomic E-state index is 0. The molecule has 1 aromatic carbocycles. The van der Waals surface area contributed by atoms with Gasteiger partial charge in [0.1, 0.15) is 5.76 Å². The molecule has 1 amide bonds. The maximum Gasteiger partial charge on any atom is 0.276 e. The van der Waals surface area contributed by atoms with Crippen LogP contribution in [0.25, 0.3) is 11.5 Å². The van der Waals surface area contributed by atoms with Gasteiger partial charge in [-0.3, -0.25) is 4.79 Å². The number of nitrogens with one attached hydrogen (secondary N) is 1. The highest BCUT2D eigenvalue weighted by Gasteiger charge is 2.27. The molecular weight excluding hydrogens is 314 g/mol. The lowest BCUT2D eigenvalue weighted by molar-refractivity contribution is 0.0691. The molecule has 1 N–H and O–H groups in total. The quantitative estimate of drug-likeness (QED) is 0.937. The number of amides is 1. The van der Waals surface area contributed by atoms with Crippen LogP contribution in [0, 0.1) is 6.92 Å². The van der Waals surface area contributed by atoms with Gasteiger partial charge in [0.15, 0.2) is 5.69 Å². The number of hydrogen-bond acceptors (Lipinski definition) is 4. The Morgan fingerprint density at radius 1 is 1.35 bits per heavy atom. The number of carbonyl (C=O) groups excluding carboxylic acids is 1. The molecule has 2 aromatic rings. The largest absolute Gasteiger partial charge is 0.441 e. The number of hydrogen-bond donors (Lipinski definition) is 1. The number of aromatic nitrogens is 1. The maximum absolute atomic E-state index is 12.7. The molecular formula is C17H22ClN3O2. The molecule has 1 aliphatic rings. The van der Waals surface area contributed by atoms with Gasteiger partial charge in [0.05, 0.1) is 0 Å². The van der Waals surface area contributed by atoms with Crippen molar-refractivity contribution >= 4 is 18.3 Å². The number of piperidine rings is 1. The highest BCUT2D eigenvalue weighted by atomic mass is 35.5. The van der Waals surface area contributed by atoms with E-state index in [2.05, 4.69) is 10.3 Å². The van der Waals surface area contributed by atoms with Gasteiger partial charge in [-0.1, -0.05) is 18.2 Å². The molecule has 1 aliphatic heterocycles. The average Bonchev–Trinajstić information content (AvgIpc) is 2.97. The van der Waals surface area contributed by atoms with Crippen molar-refractivity contribution in [2.45, 2.75) is 25.8 Å². The summed E-state index contributed by atoms with van der Waals surface area (Å²) >= 11 is 0. The Kier molecular flexibility index (Phi) is 5.80. The predicted molar refractivity (Wildman–Crippen MR) is 91.9 cm³/mol. The topological polar surface area (TPSA) is 58.4 Å². The van der Waals surface area contributed by atoms with E-state index in [1.165, 1.54) is 0 Å². The first-order valence-electron chi connectivity index (χ1n) is 7.68. The second kappa shape index (κ2) is 7.62. The van der Waals surface area contributed by atoms with Crippen LogP contribution in [-0.4, -0.2) is 42.0 Å². The molecule has 2 heterocycles. The molecule has 23 heavy (non-hydrogen) atoms. The molecule has 0 aliphatic carbocycles. The molecule has 1 unspecified atom stereocenters. The molecule has 5 nitrogen and oxygen atoms in total. The van der Waals surface area contributed by atoms with Gasteiger partial charge in [-0.05, 0) is 38.9 Å². The lowest BCUT2D eigenvalue weighted by Crippen LogP contribution is -2.47. The number of oxazole rings is 1. The Hall–Kier alpha value is -1.85. The van der Waals surface area contributed by atoms with Gasteiger partial charge in [0, 0.05) is 24.7 Å². The second-order valence-electron chi connectivity index (χ2n) is 5.67. The van der Waals surface area contributed by atoms with Crippen LogP contribution < -0.4 is 5.32 Å². The van der Waals surface area contributed by atoms with E-state index in [4.69, 9.17) is 4.42 Å². The zero-order valence-corrected chi connectivity index (χ0v) is 14.2. The highest BCUT2D eigenvalue weighted by Crippen LogP contribution is 2.23. The number of likely N-dealkylation sites (N-methyl/N-ethyl adjacent to an activating group) is 1. The van der Waals surface area contributed by atoms with Crippen LogP contribution in [0.15, 0.2) is 34.7 Å². The van der Waals surface area contributed by atoms with Gasteiger partial charge in [-0.15, -0.1) is 12.4 Å².